The van der Waals surface area contributed by atoms with Crippen LogP contribution in [0.5, 0.6) is 5.75 Å². The number of nitrogens with one attached hydrogen (secondary N) is 1. The first-order chi connectivity index (χ1) is 7.49. The van der Waals surface area contributed by atoms with Crippen LogP contribution in [0.1, 0.15) is 0 Å². The van der Waals surface area contributed by atoms with Gasteiger partial charge in [0.15, 0.2) is 6.61 Å². The van der Waals surface area contributed by atoms with E-state index in [0.29, 0.717) is 15.8 Å². The number of carbonyl (C=O) groups is 2. The van der Waals surface area contributed by atoms with E-state index in [2.05, 4.69) is 0 Å². The highest BCUT2D eigenvalue weighted by Crippen LogP contribution is 2.26. The lowest BCUT2D eigenvalue weighted by Crippen LogP contribution is -2.38. The van der Waals surface area contributed by atoms with Crippen LogP contribution < -0.4 is 15.8 Å². The standard InChI is InChI=1S/C9H8Cl2N2O3/c10-6-2-1-5(3-7(6)11)16-4-8(14)13-9(12)15/h1-3H,4H2,(H3,12,13,14,15). The number of rotatable bonds is 3. The van der Waals surface area contributed by atoms with Gasteiger partial charge in [0.1, 0.15) is 5.75 Å². The lowest BCUT2D eigenvalue weighted by molar-refractivity contribution is -0.121. The Kier molecular flexibility index (Phi) is 4.39. The van der Waals surface area contributed by atoms with E-state index in [9.17, 15) is 9.59 Å². The van der Waals surface area contributed by atoms with E-state index in [1.165, 1.54) is 12.1 Å². The lowest BCUT2D eigenvalue weighted by atomic mass is 10.3. The summed E-state index contributed by atoms with van der Waals surface area (Å²) < 4.78 is 5.04. The largest absolute Gasteiger partial charge is 0.484 e. The highest BCUT2D eigenvalue weighted by atomic mass is 35.5. The topological polar surface area (TPSA) is 81.4 Å². The third-order valence-corrected chi connectivity index (χ3v) is 2.26. The van der Waals surface area contributed by atoms with Gasteiger partial charge in [0.2, 0.25) is 0 Å². The van der Waals surface area contributed by atoms with Crippen molar-refractivity contribution in [2.75, 3.05) is 6.61 Å². The van der Waals surface area contributed by atoms with Crippen LogP contribution in [0, 0.1) is 0 Å². The van der Waals surface area contributed by atoms with E-state index in [1.807, 2.05) is 5.32 Å². The summed E-state index contributed by atoms with van der Waals surface area (Å²) >= 11 is 11.4. The second kappa shape index (κ2) is 5.58. The van der Waals surface area contributed by atoms with Crippen molar-refractivity contribution in [3.05, 3.63) is 28.2 Å². The number of halogens is 2. The number of benzene rings is 1. The number of nitrogens with two attached hydrogens (primary N) is 1. The summed E-state index contributed by atoms with van der Waals surface area (Å²) in [7, 11) is 0. The molecule has 0 aromatic heterocycles. The summed E-state index contributed by atoms with van der Waals surface area (Å²) in [6.07, 6.45) is 0. The zero-order chi connectivity index (χ0) is 12.1. The van der Waals surface area contributed by atoms with E-state index in [4.69, 9.17) is 33.7 Å². The van der Waals surface area contributed by atoms with Crippen LogP contribution in [0.4, 0.5) is 4.79 Å². The maximum absolute atomic E-state index is 11.0. The maximum atomic E-state index is 11.0. The zero-order valence-corrected chi connectivity index (χ0v) is 9.51. The molecule has 0 saturated heterocycles. The minimum absolute atomic E-state index is 0.314. The SMILES string of the molecule is NC(=O)NC(=O)COc1ccc(Cl)c(Cl)c1. The quantitative estimate of drug-likeness (QED) is 0.868. The van der Waals surface area contributed by atoms with Crippen molar-refractivity contribution in [2.24, 2.45) is 5.73 Å². The molecule has 1 rings (SSSR count). The first-order valence-corrected chi connectivity index (χ1v) is 4.92. The van der Waals surface area contributed by atoms with Gasteiger partial charge in [-0.3, -0.25) is 10.1 Å². The smallest absolute Gasteiger partial charge is 0.318 e. The summed E-state index contributed by atoms with van der Waals surface area (Å²) in [6, 6.07) is 3.61. The van der Waals surface area contributed by atoms with Crippen LogP contribution in [0.15, 0.2) is 18.2 Å². The molecule has 16 heavy (non-hydrogen) atoms. The first-order valence-electron chi connectivity index (χ1n) is 4.16. The van der Waals surface area contributed by atoms with Crippen LogP contribution in [0.2, 0.25) is 10.0 Å². The molecular formula is C9H8Cl2N2O3. The highest BCUT2D eigenvalue weighted by Gasteiger charge is 2.06. The molecule has 7 heteroatoms. The van der Waals surface area contributed by atoms with Gasteiger partial charge in [0.05, 0.1) is 10.0 Å². The van der Waals surface area contributed by atoms with Crippen molar-refractivity contribution < 1.29 is 14.3 Å². The van der Waals surface area contributed by atoms with Crippen LogP contribution >= 0.6 is 23.2 Å². The number of ether oxygens (including phenoxy) is 1. The van der Waals surface area contributed by atoms with Crippen molar-refractivity contribution >= 4 is 35.1 Å². The van der Waals surface area contributed by atoms with Crippen molar-refractivity contribution in [2.45, 2.75) is 0 Å². The van der Waals surface area contributed by atoms with E-state index in [0.717, 1.165) is 0 Å². The molecule has 0 saturated carbocycles. The van der Waals surface area contributed by atoms with Crippen molar-refractivity contribution in [1.82, 2.24) is 5.32 Å². The number of hydrogen-bond acceptors (Lipinski definition) is 3. The average molecular weight is 263 g/mol. The maximum Gasteiger partial charge on any atom is 0.318 e. The number of urea groups is 1. The van der Waals surface area contributed by atoms with Gasteiger partial charge in [-0.2, -0.15) is 0 Å². The molecule has 0 heterocycles. The zero-order valence-electron chi connectivity index (χ0n) is 8.00. The fourth-order valence-electron chi connectivity index (χ4n) is 0.889. The van der Waals surface area contributed by atoms with E-state index in [-0.39, 0.29) is 6.61 Å². The third-order valence-electron chi connectivity index (χ3n) is 1.52. The van der Waals surface area contributed by atoms with E-state index in [1.54, 1.807) is 6.07 Å². The molecule has 3 amide bonds. The summed E-state index contributed by atoms with van der Waals surface area (Å²) in [5.74, 6) is -0.271. The average Bonchev–Trinajstić information content (AvgIpc) is 2.19. The highest BCUT2D eigenvalue weighted by molar-refractivity contribution is 6.42. The number of primary amides is 1. The Bertz CT molecular complexity index is 423. The summed E-state index contributed by atoms with van der Waals surface area (Å²) in [4.78, 5) is 21.3. The Morgan fingerprint density at radius 2 is 2.00 bits per heavy atom. The molecule has 0 spiro atoms. The molecule has 5 nitrogen and oxygen atoms in total. The molecule has 0 bridgehead atoms. The molecule has 0 atom stereocenters. The molecule has 0 unspecified atom stereocenters. The predicted octanol–water partition coefficient (Wildman–Crippen LogP) is 1.57. The molecule has 3 N–H and O–H groups in total. The van der Waals surface area contributed by atoms with Gasteiger partial charge in [-0.1, -0.05) is 23.2 Å². The Hall–Kier alpha value is -1.46. The van der Waals surface area contributed by atoms with Gasteiger partial charge in [-0.05, 0) is 12.1 Å². The Balaban J connectivity index is 2.51. The second-order valence-electron chi connectivity index (χ2n) is 2.78. The monoisotopic (exact) mass is 262 g/mol. The van der Waals surface area contributed by atoms with Crippen LogP contribution in [0.3, 0.4) is 0 Å². The van der Waals surface area contributed by atoms with Gasteiger partial charge in [0, 0.05) is 6.07 Å². The first kappa shape index (κ1) is 12.6. The number of hydrogen-bond donors (Lipinski definition) is 2. The minimum atomic E-state index is -0.928. The minimum Gasteiger partial charge on any atom is -0.484 e. The van der Waals surface area contributed by atoms with Crippen LogP contribution in [-0.2, 0) is 4.79 Å². The van der Waals surface area contributed by atoms with E-state index >= 15 is 0 Å². The van der Waals surface area contributed by atoms with Crippen molar-refractivity contribution in [3.63, 3.8) is 0 Å². The molecule has 0 aliphatic carbocycles. The summed E-state index contributed by atoms with van der Waals surface area (Å²) in [5, 5.41) is 2.55. The second-order valence-corrected chi connectivity index (χ2v) is 3.59. The van der Waals surface area contributed by atoms with Crippen LogP contribution in [-0.4, -0.2) is 18.5 Å². The molecule has 0 aliphatic rings. The predicted molar refractivity (Wildman–Crippen MR) is 59.7 cm³/mol. The van der Waals surface area contributed by atoms with Crippen molar-refractivity contribution in [1.29, 1.82) is 0 Å². The Morgan fingerprint density at radius 1 is 1.31 bits per heavy atom. The van der Waals surface area contributed by atoms with Crippen molar-refractivity contribution in [3.8, 4) is 5.75 Å². The molecule has 1 aromatic carbocycles. The van der Waals surface area contributed by atoms with Gasteiger partial charge < -0.3 is 10.5 Å². The number of carbonyl (C=O) groups excluding carboxylic acids is 2. The van der Waals surface area contributed by atoms with Gasteiger partial charge in [-0.25, -0.2) is 4.79 Å². The third kappa shape index (κ3) is 3.96. The molecule has 0 radical (unpaired) electrons. The van der Waals surface area contributed by atoms with Crippen LogP contribution in [0.25, 0.3) is 0 Å². The van der Waals surface area contributed by atoms with Gasteiger partial charge in [0.25, 0.3) is 5.91 Å². The Morgan fingerprint density at radius 3 is 2.56 bits per heavy atom. The fraction of sp³-hybridized carbons (Fsp3) is 0.111. The molecule has 86 valence electrons. The van der Waals surface area contributed by atoms with Gasteiger partial charge >= 0.3 is 6.03 Å². The van der Waals surface area contributed by atoms with E-state index < -0.39 is 11.9 Å². The summed E-state index contributed by atoms with van der Waals surface area (Å²) in [6.45, 7) is -0.332. The number of amides is 3. The normalized spacial score (nSPS) is 9.62. The molecular weight excluding hydrogens is 255 g/mol. The summed E-state index contributed by atoms with van der Waals surface area (Å²) in [5.41, 5.74) is 4.74. The van der Waals surface area contributed by atoms with Gasteiger partial charge in [-0.15, -0.1) is 0 Å². The lowest BCUT2D eigenvalue weighted by Gasteiger charge is -2.06. The fourth-order valence-corrected chi connectivity index (χ4v) is 1.18. The molecule has 0 aliphatic heterocycles. The Labute approximate surface area is 101 Å². The number of imide groups is 1. The molecule has 1 aromatic rings. The molecule has 0 fully saturated rings.